The van der Waals surface area contributed by atoms with Crippen LogP contribution in [0, 0.1) is 0 Å². The number of phenolic OH excluding ortho intramolecular Hbond substituents is 2. The van der Waals surface area contributed by atoms with Crippen LogP contribution in [0.1, 0.15) is 11.1 Å². The van der Waals surface area contributed by atoms with Gasteiger partial charge in [0.15, 0.2) is 17.3 Å². The van der Waals surface area contributed by atoms with Crippen LogP contribution in [-0.2, 0) is 5.79 Å². The lowest BCUT2D eigenvalue weighted by Crippen LogP contribution is -2.42. The Morgan fingerprint density at radius 2 is 1.29 bits per heavy atom. The van der Waals surface area contributed by atoms with Crippen LogP contribution < -0.4 is 14.9 Å². The topological polar surface area (TPSA) is 89.1 Å². The predicted molar refractivity (Wildman–Crippen MR) is 126 cm³/mol. The molecule has 6 nitrogen and oxygen atoms in total. The maximum absolute atomic E-state index is 13.7. The number of phenols is 2. The lowest BCUT2D eigenvalue weighted by Gasteiger charge is -2.36. The lowest BCUT2D eigenvalue weighted by atomic mass is 9.96. The summed E-state index contributed by atoms with van der Waals surface area (Å²) in [5.41, 5.74) is 1.42. The summed E-state index contributed by atoms with van der Waals surface area (Å²) in [4.78, 5) is 13.7. The number of ether oxygens (including phenoxy) is 2. The maximum atomic E-state index is 13.7. The first-order chi connectivity index (χ1) is 16.6. The molecule has 1 aliphatic heterocycles. The van der Waals surface area contributed by atoms with Crippen molar-refractivity contribution in [3.63, 3.8) is 0 Å². The van der Waals surface area contributed by atoms with Crippen molar-refractivity contribution in [3.8, 4) is 34.3 Å². The molecule has 3 bridgehead atoms. The molecule has 0 radical (unpaired) electrons. The van der Waals surface area contributed by atoms with Crippen molar-refractivity contribution < 1.29 is 24.1 Å². The Hall–Kier alpha value is -4.71. The Morgan fingerprint density at radius 1 is 0.676 bits per heavy atom. The molecule has 0 aliphatic carbocycles. The second-order valence-corrected chi connectivity index (χ2v) is 7.97. The van der Waals surface area contributed by atoms with Gasteiger partial charge in [-0.2, -0.15) is 0 Å². The van der Waals surface area contributed by atoms with Crippen molar-refractivity contribution in [2.24, 2.45) is 0 Å². The molecule has 0 fully saturated rings. The minimum atomic E-state index is -1.60. The average molecular weight is 450 g/mol. The van der Waals surface area contributed by atoms with Gasteiger partial charge >= 0.3 is 5.79 Å². The first kappa shape index (κ1) is 19.9. The Balaban J connectivity index is 1.73. The minimum Gasteiger partial charge on any atom is -0.508 e. The van der Waals surface area contributed by atoms with E-state index in [1.807, 2.05) is 60.7 Å². The number of hydrogen-bond donors (Lipinski definition) is 2. The first-order valence-electron chi connectivity index (χ1n) is 10.7. The Labute approximate surface area is 193 Å². The van der Waals surface area contributed by atoms with Crippen LogP contribution in [0.2, 0.25) is 0 Å². The van der Waals surface area contributed by atoms with E-state index in [1.165, 1.54) is 12.1 Å². The van der Waals surface area contributed by atoms with Gasteiger partial charge in [0.2, 0.25) is 11.2 Å². The van der Waals surface area contributed by atoms with Crippen LogP contribution in [0.15, 0.2) is 106 Å². The zero-order valence-corrected chi connectivity index (χ0v) is 17.8. The lowest BCUT2D eigenvalue weighted by molar-refractivity contribution is -0.0873. The molecular weight excluding hydrogens is 432 g/mol. The number of benzene rings is 4. The van der Waals surface area contributed by atoms with E-state index in [4.69, 9.17) is 13.9 Å². The Bertz CT molecular complexity index is 1530. The molecule has 0 atom stereocenters. The normalized spacial score (nSPS) is 13.8. The predicted octanol–water partition coefficient (Wildman–Crippen LogP) is 5.54. The van der Waals surface area contributed by atoms with E-state index >= 15 is 0 Å². The second kappa shape index (κ2) is 7.42. The molecule has 34 heavy (non-hydrogen) atoms. The fourth-order valence-electron chi connectivity index (χ4n) is 4.25. The van der Waals surface area contributed by atoms with Gasteiger partial charge in [0.05, 0.1) is 0 Å². The summed E-state index contributed by atoms with van der Waals surface area (Å²) in [7, 11) is 0. The highest BCUT2D eigenvalue weighted by Crippen LogP contribution is 2.47. The van der Waals surface area contributed by atoms with Crippen molar-refractivity contribution in [1.82, 2.24) is 0 Å². The van der Waals surface area contributed by atoms with Gasteiger partial charge in [0.25, 0.3) is 0 Å². The summed E-state index contributed by atoms with van der Waals surface area (Å²) in [5.74, 6) is -1.71. The molecule has 2 heterocycles. The molecular formula is C28H18O6. The van der Waals surface area contributed by atoms with Crippen molar-refractivity contribution in [2.75, 3.05) is 0 Å². The number of hydrogen-bond acceptors (Lipinski definition) is 6. The number of fused-ring (bicyclic) bond motifs is 2. The van der Waals surface area contributed by atoms with E-state index in [-0.39, 0.29) is 39.7 Å². The standard InChI is InChI=1S/C28H18O6/c29-20-13-11-17(12-14-20)26-27-25(31)23-21(32-26)15-16-22(24(23)30)33-28(34-27,18-7-3-1-4-8-18)19-9-5-2-6-10-19/h1-16,29-30H. The molecule has 0 amide bonds. The van der Waals surface area contributed by atoms with Gasteiger partial charge in [-0.05, 0) is 36.4 Å². The average Bonchev–Trinajstić information content (AvgIpc) is 2.88. The molecule has 2 N–H and O–H groups in total. The summed E-state index contributed by atoms with van der Waals surface area (Å²) in [6, 6.07) is 27.8. The van der Waals surface area contributed by atoms with E-state index < -0.39 is 11.2 Å². The van der Waals surface area contributed by atoms with Crippen molar-refractivity contribution in [3.05, 3.63) is 118 Å². The SMILES string of the molecule is O=c1c2c(-c3ccc(O)cc3)oc3ccc(c(O)c13)OC(c1ccccc1)(c1ccccc1)O2. The van der Waals surface area contributed by atoms with Gasteiger partial charge in [-0.25, -0.2) is 0 Å². The monoisotopic (exact) mass is 450 g/mol. The number of rotatable bonds is 3. The third-order valence-corrected chi connectivity index (χ3v) is 5.89. The van der Waals surface area contributed by atoms with Crippen LogP contribution in [0.4, 0.5) is 0 Å². The summed E-state index contributed by atoms with van der Waals surface area (Å²) in [6.07, 6.45) is 0. The largest absolute Gasteiger partial charge is 0.508 e. The zero-order valence-electron chi connectivity index (χ0n) is 17.8. The summed E-state index contributed by atoms with van der Waals surface area (Å²) < 4.78 is 19.1. The van der Waals surface area contributed by atoms with Gasteiger partial charge in [-0.1, -0.05) is 60.7 Å². The highest BCUT2D eigenvalue weighted by atomic mass is 16.7. The third-order valence-electron chi connectivity index (χ3n) is 5.89. The second-order valence-electron chi connectivity index (χ2n) is 7.97. The van der Waals surface area contributed by atoms with Gasteiger partial charge in [-0.15, -0.1) is 0 Å². The smallest absolute Gasteiger partial charge is 0.305 e. The van der Waals surface area contributed by atoms with Crippen molar-refractivity contribution in [1.29, 1.82) is 0 Å². The Morgan fingerprint density at radius 3 is 1.91 bits per heavy atom. The molecule has 0 saturated heterocycles. The van der Waals surface area contributed by atoms with Gasteiger partial charge in [0, 0.05) is 16.7 Å². The van der Waals surface area contributed by atoms with Crippen molar-refractivity contribution in [2.45, 2.75) is 5.79 Å². The van der Waals surface area contributed by atoms with Crippen molar-refractivity contribution >= 4 is 11.0 Å². The molecule has 1 aliphatic rings. The summed E-state index contributed by atoms with van der Waals surface area (Å²) in [5, 5.41) is 20.8. The highest BCUT2D eigenvalue weighted by Gasteiger charge is 2.44. The summed E-state index contributed by atoms with van der Waals surface area (Å²) >= 11 is 0. The third kappa shape index (κ3) is 2.93. The Kier molecular flexibility index (Phi) is 4.35. The zero-order chi connectivity index (χ0) is 23.3. The van der Waals surface area contributed by atoms with Gasteiger partial charge in [0.1, 0.15) is 16.7 Å². The molecule has 0 saturated carbocycles. The van der Waals surface area contributed by atoms with E-state index in [9.17, 15) is 15.0 Å². The molecule has 5 aromatic rings. The molecule has 0 unspecified atom stereocenters. The fraction of sp³-hybridized carbons (Fsp3) is 0.0357. The first-order valence-corrected chi connectivity index (χ1v) is 10.7. The molecule has 4 aromatic carbocycles. The minimum absolute atomic E-state index is 0.0234. The maximum Gasteiger partial charge on any atom is 0.305 e. The van der Waals surface area contributed by atoms with Gasteiger partial charge in [-0.3, -0.25) is 4.79 Å². The summed E-state index contributed by atoms with van der Waals surface area (Å²) in [6.45, 7) is 0. The van der Waals surface area contributed by atoms with E-state index in [1.54, 1.807) is 24.3 Å². The molecule has 6 heteroatoms. The van der Waals surface area contributed by atoms with E-state index in [0.717, 1.165) is 0 Å². The highest BCUT2D eigenvalue weighted by molar-refractivity contribution is 5.89. The van der Waals surface area contributed by atoms with E-state index in [2.05, 4.69) is 0 Å². The van der Waals surface area contributed by atoms with Gasteiger partial charge < -0.3 is 24.1 Å². The fourth-order valence-corrected chi connectivity index (χ4v) is 4.25. The van der Waals surface area contributed by atoms with Crippen LogP contribution in [-0.4, -0.2) is 10.2 Å². The van der Waals surface area contributed by atoms with Crippen LogP contribution in [0.3, 0.4) is 0 Å². The molecule has 166 valence electrons. The molecule has 6 rings (SSSR count). The van der Waals surface area contributed by atoms with Crippen LogP contribution in [0.25, 0.3) is 22.3 Å². The van der Waals surface area contributed by atoms with E-state index in [0.29, 0.717) is 16.7 Å². The molecule has 0 spiro atoms. The quantitative estimate of drug-likeness (QED) is 0.375. The number of aromatic hydroxyl groups is 2. The van der Waals surface area contributed by atoms with Crippen LogP contribution in [0.5, 0.6) is 23.0 Å². The molecule has 1 aromatic heterocycles. The van der Waals surface area contributed by atoms with Crippen LogP contribution >= 0.6 is 0 Å².